The van der Waals surface area contributed by atoms with E-state index in [9.17, 15) is 14.7 Å². The fraction of sp³-hybridized carbons (Fsp3) is 0.905. The molecule has 0 bridgehead atoms. The van der Waals surface area contributed by atoms with Crippen LogP contribution in [0, 0.1) is 11.8 Å². The fourth-order valence-electron chi connectivity index (χ4n) is 4.10. The highest BCUT2D eigenvalue weighted by molar-refractivity contribution is 5.90. The predicted octanol–water partition coefficient (Wildman–Crippen LogP) is 3.67. The molecule has 2 atom stereocenters. The molecule has 1 saturated carbocycles. The van der Waals surface area contributed by atoms with Gasteiger partial charge in [-0.05, 0) is 31.1 Å². The molecule has 0 spiro atoms. The van der Waals surface area contributed by atoms with Gasteiger partial charge in [0.25, 0.3) is 0 Å². The van der Waals surface area contributed by atoms with E-state index in [0.29, 0.717) is 18.8 Å². The van der Waals surface area contributed by atoms with Gasteiger partial charge in [0.2, 0.25) is 11.8 Å². The number of carbonyl (C=O) groups excluding carboxylic acids is 2. The van der Waals surface area contributed by atoms with Crippen molar-refractivity contribution in [2.45, 2.75) is 109 Å². The van der Waals surface area contributed by atoms with E-state index in [1.165, 1.54) is 32.1 Å². The van der Waals surface area contributed by atoms with Crippen LogP contribution in [0.4, 0.5) is 0 Å². The summed E-state index contributed by atoms with van der Waals surface area (Å²) in [6.45, 7) is 5.85. The van der Waals surface area contributed by atoms with Gasteiger partial charge in [-0.25, -0.2) is 0 Å². The minimum absolute atomic E-state index is 0.148. The highest BCUT2D eigenvalue weighted by Gasteiger charge is 2.42. The number of aliphatic hydroxyl groups is 1. The first-order valence-corrected chi connectivity index (χ1v) is 10.6. The van der Waals surface area contributed by atoms with Gasteiger partial charge < -0.3 is 16.2 Å². The molecule has 26 heavy (non-hydrogen) atoms. The van der Waals surface area contributed by atoms with Crippen molar-refractivity contribution in [2.75, 3.05) is 0 Å². The summed E-state index contributed by atoms with van der Waals surface area (Å²) in [5, 5.41) is 13.5. The van der Waals surface area contributed by atoms with E-state index in [2.05, 4.69) is 12.2 Å². The molecule has 4 N–H and O–H groups in total. The molecule has 0 aromatic rings. The largest absolute Gasteiger partial charge is 0.393 e. The number of aliphatic hydroxyl groups excluding tert-OH is 1. The van der Waals surface area contributed by atoms with E-state index in [4.69, 9.17) is 5.73 Å². The summed E-state index contributed by atoms with van der Waals surface area (Å²) >= 11 is 0. The lowest BCUT2D eigenvalue weighted by Crippen LogP contribution is -2.62. The van der Waals surface area contributed by atoms with Gasteiger partial charge in [0.1, 0.15) is 5.54 Å². The van der Waals surface area contributed by atoms with Crippen molar-refractivity contribution in [1.82, 2.24) is 5.32 Å². The molecule has 5 nitrogen and oxygen atoms in total. The molecule has 0 saturated heterocycles. The molecular weight excluding hydrogens is 328 g/mol. The van der Waals surface area contributed by atoms with Crippen LogP contribution in [0.5, 0.6) is 0 Å². The Hall–Kier alpha value is -1.10. The van der Waals surface area contributed by atoms with Crippen LogP contribution >= 0.6 is 0 Å². The summed E-state index contributed by atoms with van der Waals surface area (Å²) < 4.78 is 0. The number of nitrogens with two attached hydrogens (primary N) is 1. The van der Waals surface area contributed by atoms with Crippen LogP contribution in [0.1, 0.15) is 97.8 Å². The summed E-state index contributed by atoms with van der Waals surface area (Å²) in [6, 6.07) is 0. The topological polar surface area (TPSA) is 92.4 Å². The van der Waals surface area contributed by atoms with Crippen LogP contribution in [0.25, 0.3) is 0 Å². The standard InChI is InChI=1S/C21H40N2O3/c1-4-5-7-12-19(25)23-21(16(2)3,20(22)26)15-18(24)14-13-17-10-8-6-9-11-17/h16-18,24H,4-15H2,1-3H3,(H2,22,26)(H,23,25)/t18-,21-/m0/s1. The quantitative estimate of drug-likeness (QED) is 0.459. The third-order valence-corrected chi connectivity index (χ3v) is 5.99. The van der Waals surface area contributed by atoms with Crippen molar-refractivity contribution < 1.29 is 14.7 Å². The van der Waals surface area contributed by atoms with Crippen molar-refractivity contribution in [3.05, 3.63) is 0 Å². The summed E-state index contributed by atoms with van der Waals surface area (Å²) in [7, 11) is 0. The Balaban J connectivity index is 2.65. The van der Waals surface area contributed by atoms with Crippen molar-refractivity contribution >= 4 is 11.8 Å². The Morgan fingerprint density at radius 3 is 2.38 bits per heavy atom. The van der Waals surface area contributed by atoms with Gasteiger partial charge in [-0.15, -0.1) is 0 Å². The Morgan fingerprint density at radius 1 is 1.19 bits per heavy atom. The SMILES string of the molecule is CCCCCC(=O)N[C@](C[C@@H](O)CCC1CCCCC1)(C(N)=O)C(C)C. The molecule has 152 valence electrons. The zero-order valence-corrected chi connectivity index (χ0v) is 17.1. The Bertz CT molecular complexity index is 433. The van der Waals surface area contributed by atoms with Gasteiger partial charge in [0.15, 0.2) is 0 Å². The molecule has 0 aromatic carbocycles. The third-order valence-electron chi connectivity index (χ3n) is 5.99. The van der Waals surface area contributed by atoms with Crippen LogP contribution in [0.15, 0.2) is 0 Å². The summed E-state index contributed by atoms with van der Waals surface area (Å²) in [6.07, 6.45) is 10.8. The Morgan fingerprint density at radius 2 is 1.85 bits per heavy atom. The maximum absolute atomic E-state index is 12.3. The van der Waals surface area contributed by atoms with Crippen molar-refractivity contribution in [1.29, 1.82) is 0 Å². The van der Waals surface area contributed by atoms with E-state index in [-0.39, 0.29) is 18.2 Å². The van der Waals surface area contributed by atoms with Gasteiger partial charge in [-0.2, -0.15) is 0 Å². The van der Waals surface area contributed by atoms with Gasteiger partial charge >= 0.3 is 0 Å². The highest BCUT2D eigenvalue weighted by atomic mass is 16.3. The maximum Gasteiger partial charge on any atom is 0.243 e. The first kappa shape index (κ1) is 22.9. The number of amides is 2. The predicted molar refractivity (Wildman–Crippen MR) is 105 cm³/mol. The number of nitrogens with one attached hydrogen (secondary N) is 1. The van der Waals surface area contributed by atoms with E-state index in [1.807, 2.05) is 13.8 Å². The van der Waals surface area contributed by atoms with E-state index in [1.54, 1.807) is 0 Å². The lowest BCUT2D eigenvalue weighted by atomic mass is 9.78. The van der Waals surface area contributed by atoms with E-state index in [0.717, 1.165) is 25.7 Å². The number of carbonyl (C=O) groups is 2. The molecule has 0 unspecified atom stereocenters. The van der Waals surface area contributed by atoms with Crippen LogP contribution < -0.4 is 11.1 Å². The summed E-state index contributed by atoms with van der Waals surface area (Å²) in [5.74, 6) is -0.179. The molecule has 0 aromatic heterocycles. The second-order valence-electron chi connectivity index (χ2n) is 8.43. The molecule has 0 aliphatic heterocycles. The molecular formula is C21H40N2O3. The number of hydrogen-bond acceptors (Lipinski definition) is 3. The van der Waals surface area contributed by atoms with Gasteiger partial charge in [-0.3, -0.25) is 9.59 Å². The lowest BCUT2D eigenvalue weighted by molar-refractivity contribution is -0.135. The lowest BCUT2D eigenvalue weighted by Gasteiger charge is -2.37. The zero-order valence-electron chi connectivity index (χ0n) is 17.1. The first-order valence-electron chi connectivity index (χ1n) is 10.6. The normalized spacial score (nSPS) is 19.1. The van der Waals surface area contributed by atoms with Gasteiger partial charge in [-0.1, -0.05) is 65.7 Å². The molecule has 2 amide bonds. The average Bonchev–Trinajstić information content (AvgIpc) is 2.60. The van der Waals surface area contributed by atoms with Gasteiger partial charge in [0, 0.05) is 12.8 Å². The van der Waals surface area contributed by atoms with E-state index >= 15 is 0 Å². The maximum atomic E-state index is 12.3. The molecule has 1 fully saturated rings. The number of unbranched alkanes of at least 4 members (excludes halogenated alkanes) is 2. The second kappa shape index (κ2) is 11.6. The van der Waals surface area contributed by atoms with Crippen LogP contribution in [0.3, 0.4) is 0 Å². The van der Waals surface area contributed by atoms with Crippen LogP contribution in [0.2, 0.25) is 0 Å². The highest BCUT2D eigenvalue weighted by Crippen LogP contribution is 2.30. The van der Waals surface area contributed by atoms with Crippen molar-refractivity contribution in [2.24, 2.45) is 17.6 Å². The minimum Gasteiger partial charge on any atom is -0.393 e. The molecule has 0 radical (unpaired) electrons. The Kier molecular flexibility index (Phi) is 10.2. The van der Waals surface area contributed by atoms with Crippen molar-refractivity contribution in [3.8, 4) is 0 Å². The third kappa shape index (κ3) is 7.26. The van der Waals surface area contributed by atoms with E-state index < -0.39 is 17.6 Å². The molecule has 5 heteroatoms. The summed E-state index contributed by atoms with van der Waals surface area (Å²) in [4.78, 5) is 24.6. The Labute approximate surface area is 159 Å². The number of primary amides is 1. The van der Waals surface area contributed by atoms with Crippen LogP contribution in [-0.2, 0) is 9.59 Å². The second-order valence-corrected chi connectivity index (χ2v) is 8.43. The molecule has 1 aliphatic rings. The average molecular weight is 369 g/mol. The van der Waals surface area contributed by atoms with Crippen molar-refractivity contribution in [3.63, 3.8) is 0 Å². The van der Waals surface area contributed by atoms with Gasteiger partial charge in [0.05, 0.1) is 6.10 Å². The van der Waals surface area contributed by atoms with Crippen LogP contribution in [-0.4, -0.2) is 28.6 Å². The monoisotopic (exact) mass is 368 g/mol. The fourth-order valence-corrected chi connectivity index (χ4v) is 4.10. The minimum atomic E-state index is -1.17. The summed E-state index contributed by atoms with van der Waals surface area (Å²) in [5.41, 5.74) is 4.53. The first-order chi connectivity index (χ1) is 12.3. The molecule has 1 rings (SSSR count). The number of hydrogen-bond donors (Lipinski definition) is 3. The zero-order chi connectivity index (χ0) is 19.6. The number of rotatable bonds is 12. The smallest absolute Gasteiger partial charge is 0.243 e. The molecule has 1 aliphatic carbocycles. The molecule has 0 heterocycles.